The monoisotopic (exact) mass is 115 g/mol. The maximum absolute atomic E-state index is 3.33. The fraction of sp³-hybridized carbons (Fsp3) is 1.00. The van der Waals surface area contributed by atoms with Gasteiger partial charge in [-0.2, -0.15) is 0 Å². The van der Waals surface area contributed by atoms with E-state index >= 15 is 0 Å². The molecule has 1 heterocycles. The second-order valence-corrected chi connectivity index (χ2v) is 2.45. The van der Waals surface area contributed by atoms with Gasteiger partial charge in [0.25, 0.3) is 0 Å². The molecule has 1 aliphatic rings. The van der Waals surface area contributed by atoms with E-state index in [9.17, 15) is 0 Å². The number of hydrogen-bond donors (Lipinski definition) is 1. The molecule has 8 heavy (non-hydrogen) atoms. The molecule has 0 saturated carbocycles. The Balaban J connectivity index is 0.000000490. The van der Waals surface area contributed by atoms with E-state index in [1.54, 1.807) is 0 Å². The lowest BCUT2D eigenvalue weighted by atomic mass is 10.0. The normalized spacial score (nSPS) is 28.9. The van der Waals surface area contributed by atoms with Crippen molar-refractivity contribution in [3.8, 4) is 0 Å². The molecule has 1 saturated heterocycles. The Kier molecular flexibility index (Phi) is 3.88. The number of hydrogen-bond acceptors (Lipinski definition) is 1. The first kappa shape index (κ1) is 7.96. The topological polar surface area (TPSA) is 12.0 Å². The Bertz CT molecular complexity index is 46.3. The van der Waals surface area contributed by atoms with Crippen molar-refractivity contribution in [2.24, 2.45) is 5.92 Å². The molecule has 1 fully saturated rings. The second-order valence-electron chi connectivity index (χ2n) is 2.45. The summed E-state index contributed by atoms with van der Waals surface area (Å²) in [6.07, 6.45) is 2.80. The summed E-state index contributed by atoms with van der Waals surface area (Å²) < 4.78 is 0. The van der Waals surface area contributed by atoms with Crippen LogP contribution < -0.4 is 5.32 Å². The summed E-state index contributed by atoms with van der Waals surface area (Å²) in [5, 5.41) is 3.33. The zero-order valence-corrected chi connectivity index (χ0v) is 4.91. The van der Waals surface area contributed by atoms with E-state index in [0.29, 0.717) is 0 Å². The minimum Gasteiger partial charge on any atom is -0.316 e. The molecule has 1 rings (SSSR count). The molecule has 0 radical (unpaired) electrons. The zero-order valence-electron chi connectivity index (χ0n) is 4.91. The Morgan fingerprint density at radius 3 is 2.50 bits per heavy atom. The van der Waals surface area contributed by atoms with Crippen LogP contribution in [0, 0.1) is 5.92 Å². The second kappa shape index (κ2) is 3.90. The third-order valence-corrected chi connectivity index (χ3v) is 1.54. The van der Waals surface area contributed by atoms with Crippen LogP contribution in [0.4, 0.5) is 0 Å². The summed E-state index contributed by atoms with van der Waals surface area (Å²) in [4.78, 5) is 0. The van der Waals surface area contributed by atoms with Gasteiger partial charge in [0.15, 0.2) is 0 Å². The van der Waals surface area contributed by atoms with Gasteiger partial charge in [0.05, 0.1) is 0 Å². The lowest BCUT2D eigenvalue weighted by Crippen LogP contribution is -2.27. The van der Waals surface area contributed by atoms with Crippen LogP contribution in [0.5, 0.6) is 0 Å². The molecule has 1 N–H and O–H groups in total. The smallest absolute Gasteiger partial charge is 0.00231 e. The molecule has 1 aliphatic heterocycles. The number of nitrogens with one attached hydrogen (secondary N) is 1. The number of piperidine rings is 1. The van der Waals surface area contributed by atoms with Crippen LogP contribution in [0.1, 0.15) is 27.2 Å². The van der Waals surface area contributed by atoms with Gasteiger partial charge in [-0.15, -0.1) is 0 Å². The Morgan fingerprint density at radius 1 is 1.50 bits per heavy atom. The molecular weight excluding hydrogens is 98.1 g/mol. The highest BCUT2D eigenvalue weighted by atomic mass is 14.9. The van der Waals surface area contributed by atoms with Crippen molar-refractivity contribution in [2.75, 3.05) is 13.1 Å². The van der Waals surface area contributed by atoms with Crippen LogP contribution in [0.2, 0.25) is 0 Å². The Hall–Kier alpha value is -0.0400. The molecule has 1 atom stereocenters. The van der Waals surface area contributed by atoms with Crippen molar-refractivity contribution in [3.63, 3.8) is 0 Å². The predicted octanol–water partition coefficient (Wildman–Crippen LogP) is 1.64. The van der Waals surface area contributed by atoms with E-state index < -0.39 is 0 Å². The Labute approximate surface area is 52.5 Å². The fourth-order valence-electron chi connectivity index (χ4n) is 1.03. The van der Waals surface area contributed by atoms with Gasteiger partial charge in [-0.25, -0.2) is 0 Å². The summed E-state index contributed by atoms with van der Waals surface area (Å²) in [7, 11) is 0. The van der Waals surface area contributed by atoms with E-state index in [0.717, 1.165) is 5.92 Å². The predicted molar refractivity (Wildman–Crippen MR) is 38.0 cm³/mol. The first-order chi connectivity index (χ1) is 3.39. The molecule has 0 aromatic heterocycles. The van der Waals surface area contributed by atoms with Crippen LogP contribution in [-0.4, -0.2) is 13.1 Å². The summed E-state index contributed by atoms with van der Waals surface area (Å²) >= 11 is 0. The highest BCUT2D eigenvalue weighted by Crippen LogP contribution is 2.06. The first-order valence-electron chi connectivity index (χ1n) is 3.10. The highest BCUT2D eigenvalue weighted by Gasteiger charge is 2.04. The van der Waals surface area contributed by atoms with Crippen molar-refractivity contribution in [2.45, 2.75) is 27.2 Å². The summed E-state index contributed by atoms with van der Waals surface area (Å²) in [6, 6.07) is 0. The average Bonchev–Trinajstić information content (AvgIpc) is 1.69. The van der Waals surface area contributed by atoms with E-state index in [2.05, 4.69) is 12.2 Å². The van der Waals surface area contributed by atoms with Crippen molar-refractivity contribution in [3.05, 3.63) is 0 Å². The van der Waals surface area contributed by atoms with Gasteiger partial charge in [0, 0.05) is 0 Å². The van der Waals surface area contributed by atoms with Crippen LogP contribution in [-0.2, 0) is 0 Å². The van der Waals surface area contributed by atoms with Crippen LogP contribution >= 0.6 is 0 Å². The molecule has 0 aromatic rings. The van der Waals surface area contributed by atoms with Crippen LogP contribution in [0.25, 0.3) is 0 Å². The quantitative estimate of drug-likeness (QED) is 0.506. The lowest BCUT2D eigenvalue weighted by Gasteiger charge is -2.17. The molecule has 0 amide bonds. The minimum absolute atomic E-state index is 0. The van der Waals surface area contributed by atoms with Crippen LogP contribution in [0.15, 0.2) is 0 Å². The van der Waals surface area contributed by atoms with E-state index in [4.69, 9.17) is 0 Å². The molecular formula is C7H17N. The lowest BCUT2D eigenvalue weighted by molar-refractivity contribution is 0.405. The number of rotatable bonds is 0. The largest absolute Gasteiger partial charge is 0.316 e. The molecule has 0 aliphatic carbocycles. The van der Waals surface area contributed by atoms with Gasteiger partial charge in [0.2, 0.25) is 0 Å². The summed E-state index contributed by atoms with van der Waals surface area (Å²) in [5.41, 5.74) is 0. The summed E-state index contributed by atoms with van der Waals surface area (Å²) in [6.45, 7) is 4.77. The van der Waals surface area contributed by atoms with E-state index in [1.165, 1.54) is 25.9 Å². The van der Waals surface area contributed by atoms with Gasteiger partial charge in [-0.3, -0.25) is 0 Å². The summed E-state index contributed by atoms with van der Waals surface area (Å²) in [5.74, 6) is 0.925. The Morgan fingerprint density at radius 2 is 2.25 bits per heavy atom. The van der Waals surface area contributed by atoms with Gasteiger partial charge < -0.3 is 5.32 Å². The first-order valence-corrected chi connectivity index (χ1v) is 3.10. The molecule has 0 bridgehead atoms. The van der Waals surface area contributed by atoms with Crippen molar-refractivity contribution in [1.29, 1.82) is 0 Å². The SMILES string of the molecule is C.C[C@H]1CCCNC1. The third kappa shape index (κ3) is 2.31. The molecule has 1 heteroatoms. The van der Waals surface area contributed by atoms with Crippen molar-refractivity contribution < 1.29 is 0 Å². The van der Waals surface area contributed by atoms with Gasteiger partial charge in [-0.1, -0.05) is 14.4 Å². The molecule has 50 valence electrons. The zero-order chi connectivity index (χ0) is 5.11. The van der Waals surface area contributed by atoms with E-state index in [-0.39, 0.29) is 7.43 Å². The third-order valence-electron chi connectivity index (χ3n) is 1.54. The van der Waals surface area contributed by atoms with Gasteiger partial charge >= 0.3 is 0 Å². The standard InChI is InChI=1S/C6H13N.CH4/c1-6-3-2-4-7-5-6;/h6-7H,2-5H2,1H3;1H4/t6-;/m0./s1. The molecule has 0 unspecified atom stereocenters. The van der Waals surface area contributed by atoms with Crippen LogP contribution in [0.3, 0.4) is 0 Å². The molecule has 0 spiro atoms. The minimum atomic E-state index is 0. The maximum Gasteiger partial charge on any atom is -0.00231 e. The average molecular weight is 115 g/mol. The van der Waals surface area contributed by atoms with Gasteiger partial charge in [-0.05, 0) is 31.8 Å². The van der Waals surface area contributed by atoms with Crippen molar-refractivity contribution in [1.82, 2.24) is 5.32 Å². The van der Waals surface area contributed by atoms with Crippen molar-refractivity contribution >= 4 is 0 Å². The van der Waals surface area contributed by atoms with Gasteiger partial charge in [0.1, 0.15) is 0 Å². The molecule has 0 aromatic carbocycles. The highest BCUT2D eigenvalue weighted by molar-refractivity contribution is 4.63. The molecule has 1 nitrogen and oxygen atoms in total. The van der Waals surface area contributed by atoms with E-state index in [1.807, 2.05) is 0 Å². The fourth-order valence-corrected chi connectivity index (χ4v) is 1.03. The maximum atomic E-state index is 3.33.